The molecule has 0 aromatic carbocycles. The van der Waals surface area contributed by atoms with E-state index in [2.05, 4.69) is 22.9 Å². The summed E-state index contributed by atoms with van der Waals surface area (Å²) in [5, 5.41) is 1.36. The Morgan fingerprint density at radius 1 is 1.70 bits per heavy atom. The highest BCUT2D eigenvalue weighted by Gasteiger charge is 2.07. The van der Waals surface area contributed by atoms with Crippen LogP contribution in [-0.4, -0.2) is 5.33 Å². The number of hydrogen-bond donors (Lipinski definition) is 0. The molecular formula is C7H8BrClO. The van der Waals surface area contributed by atoms with Crippen LogP contribution < -0.4 is 0 Å². The largest absolute Gasteiger partial charge is 0.449 e. The summed E-state index contributed by atoms with van der Waals surface area (Å²) in [6.45, 7) is 2.07. The SMILES string of the molecule is CC(CBr)c1ccc(Cl)o1. The highest BCUT2D eigenvalue weighted by atomic mass is 79.9. The smallest absolute Gasteiger partial charge is 0.193 e. The van der Waals surface area contributed by atoms with Crippen molar-refractivity contribution in [3.05, 3.63) is 23.1 Å². The molecule has 56 valence electrons. The minimum atomic E-state index is 0.396. The van der Waals surface area contributed by atoms with E-state index >= 15 is 0 Å². The third-order valence-corrected chi connectivity index (χ3v) is 2.49. The zero-order valence-corrected chi connectivity index (χ0v) is 7.95. The van der Waals surface area contributed by atoms with E-state index in [9.17, 15) is 0 Å². The molecule has 0 N–H and O–H groups in total. The Morgan fingerprint density at radius 3 is 2.80 bits per heavy atom. The summed E-state index contributed by atoms with van der Waals surface area (Å²) >= 11 is 8.94. The lowest BCUT2D eigenvalue weighted by Crippen LogP contribution is -1.90. The molecule has 0 bridgehead atoms. The van der Waals surface area contributed by atoms with Crippen molar-refractivity contribution in [1.29, 1.82) is 0 Å². The fourth-order valence-corrected chi connectivity index (χ4v) is 1.14. The molecular weight excluding hydrogens is 215 g/mol. The molecule has 1 unspecified atom stereocenters. The number of hydrogen-bond acceptors (Lipinski definition) is 1. The van der Waals surface area contributed by atoms with E-state index in [4.69, 9.17) is 16.0 Å². The van der Waals surface area contributed by atoms with E-state index in [1.54, 1.807) is 6.07 Å². The fourth-order valence-electron chi connectivity index (χ4n) is 0.669. The molecule has 0 radical (unpaired) electrons. The second kappa shape index (κ2) is 3.44. The van der Waals surface area contributed by atoms with Gasteiger partial charge in [-0.25, -0.2) is 0 Å². The molecule has 1 rings (SSSR count). The highest BCUT2D eigenvalue weighted by Crippen LogP contribution is 2.22. The predicted octanol–water partition coefficient (Wildman–Crippen LogP) is 3.43. The Morgan fingerprint density at radius 2 is 2.40 bits per heavy atom. The minimum absolute atomic E-state index is 0.396. The molecule has 1 heterocycles. The summed E-state index contributed by atoms with van der Waals surface area (Å²) in [5.41, 5.74) is 0. The Kier molecular flexibility index (Phi) is 2.81. The average molecular weight is 223 g/mol. The first-order chi connectivity index (χ1) is 4.74. The van der Waals surface area contributed by atoms with Crippen LogP contribution in [0.1, 0.15) is 18.6 Å². The van der Waals surface area contributed by atoms with Gasteiger partial charge in [0.1, 0.15) is 5.76 Å². The molecule has 0 aliphatic heterocycles. The molecule has 3 heteroatoms. The van der Waals surface area contributed by atoms with Crippen molar-refractivity contribution < 1.29 is 4.42 Å². The molecule has 0 saturated heterocycles. The van der Waals surface area contributed by atoms with Crippen LogP contribution in [0.15, 0.2) is 16.5 Å². The van der Waals surface area contributed by atoms with Gasteiger partial charge in [-0.15, -0.1) is 0 Å². The lowest BCUT2D eigenvalue weighted by atomic mass is 10.2. The Balaban J connectivity index is 2.74. The van der Waals surface area contributed by atoms with Crippen molar-refractivity contribution in [2.24, 2.45) is 0 Å². The molecule has 0 aliphatic rings. The van der Waals surface area contributed by atoms with Crippen LogP contribution in [0.3, 0.4) is 0 Å². The lowest BCUT2D eigenvalue weighted by molar-refractivity contribution is 0.491. The van der Waals surface area contributed by atoms with Crippen LogP contribution >= 0.6 is 27.5 Å². The fraction of sp³-hybridized carbons (Fsp3) is 0.429. The Hall–Kier alpha value is 0.0500. The maximum Gasteiger partial charge on any atom is 0.193 e. The highest BCUT2D eigenvalue weighted by molar-refractivity contribution is 9.09. The van der Waals surface area contributed by atoms with Crippen molar-refractivity contribution in [3.63, 3.8) is 0 Å². The molecule has 0 aliphatic carbocycles. The molecule has 1 atom stereocenters. The van der Waals surface area contributed by atoms with Gasteiger partial charge in [0.25, 0.3) is 0 Å². The number of rotatable bonds is 2. The molecule has 0 fully saturated rings. The van der Waals surface area contributed by atoms with Crippen LogP contribution in [0.25, 0.3) is 0 Å². The monoisotopic (exact) mass is 222 g/mol. The van der Waals surface area contributed by atoms with Crippen molar-refractivity contribution in [3.8, 4) is 0 Å². The second-order valence-electron chi connectivity index (χ2n) is 2.20. The molecule has 0 amide bonds. The molecule has 1 aromatic rings. The minimum Gasteiger partial charge on any atom is -0.449 e. The summed E-state index contributed by atoms with van der Waals surface area (Å²) in [6.07, 6.45) is 0. The summed E-state index contributed by atoms with van der Waals surface area (Å²) in [7, 11) is 0. The molecule has 0 spiro atoms. The lowest BCUT2D eigenvalue weighted by Gasteiger charge is -2.00. The maximum absolute atomic E-state index is 5.58. The normalized spacial score (nSPS) is 13.5. The first-order valence-corrected chi connectivity index (χ1v) is 4.55. The predicted molar refractivity (Wildman–Crippen MR) is 45.9 cm³/mol. The third kappa shape index (κ3) is 1.77. The van der Waals surface area contributed by atoms with E-state index in [1.165, 1.54) is 0 Å². The van der Waals surface area contributed by atoms with Gasteiger partial charge < -0.3 is 4.42 Å². The van der Waals surface area contributed by atoms with Crippen LogP contribution in [-0.2, 0) is 0 Å². The van der Waals surface area contributed by atoms with Crippen LogP contribution in [0.2, 0.25) is 5.22 Å². The van der Waals surface area contributed by atoms with Crippen LogP contribution in [0, 0.1) is 0 Å². The van der Waals surface area contributed by atoms with E-state index in [1.807, 2.05) is 6.07 Å². The van der Waals surface area contributed by atoms with Crippen molar-refractivity contribution in [2.75, 3.05) is 5.33 Å². The summed E-state index contributed by atoms with van der Waals surface area (Å²) in [5.74, 6) is 1.33. The van der Waals surface area contributed by atoms with Gasteiger partial charge in [0.15, 0.2) is 5.22 Å². The van der Waals surface area contributed by atoms with E-state index in [0.29, 0.717) is 11.1 Å². The van der Waals surface area contributed by atoms with Gasteiger partial charge >= 0.3 is 0 Å². The molecule has 0 saturated carbocycles. The standard InChI is InChI=1S/C7H8BrClO/c1-5(4-8)6-2-3-7(9)10-6/h2-3,5H,4H2,1H3. The molecule has 1 nitrogen and oxygen atoms in total. The van der Waals surface area contributed by atoms with Gasteiger partial charge in [-0.1, -0.05) is 22.9 Å². The van der Waals surface area contributed by atoms with Gasteiger partial charge in [0.05, 0.1) is 0 Å². The van der Waals surface area contributed by atoms with E-state index in [0.717, 1.165) is 11.1 Å². The van der Waals surface area contributed by atoms with E-state index in [-0.39, 0.29) is 0 Å². The number of halogens is 2. The Labute approximate surface area is 73.5 Å². The Bertz CT molecular complexity index is 209. The van der Waals surface area contributed by atoms with Gasteiger partial charge in [0.2, 0.25) is 0 Å². The first-order valence-electron chi connectivity index (χ1n) is 3.05. The first kappa shape index (κ1) is 8.15. The number of furan rings is 1. The van der Waals surface area contributed by atoms with Crippen LogP contribution in [0.4, 0.5) is 0 Å². The van der Waals surface area contributed by atoms with Crippen LogP contribution in [0.5, 0.6) is 0 Å². The summed E-state index contributed by atoms with van der Waals surface area (Å²) in [6, 6.07) is 3.66. The van der Waals surface area contributed by atoms with Gasteiger partial charge in [-0.3, -0.25) is 0 Å². The zero-order chi connectivity index (χ0) is 7.56. The third-order valence-electron chi connectivity index (χ3n) is 1.31. The number of alkyl halides is 1. The van der Waals surface area contributed by atoms with Gasteiger partial charge in [0, 0.05) is 11.2 Å². The zero-order valence-electron chi connectivity index (χ0n) is 5.60. The van der Waals surface area contributed by atoms with Gasteiger partial charge in [-0.05, 0) is 23.7 Å². The van der Waals surface area contributed by atoms with Crippen molar-refractivity contribution >= 4 is 27.5 Å². The molecule has 1 aromatic heterocycles. The topological polar surface area (TPSA) is 13.1 Å². The molecule has 10 heavy (non-hydrogen) atoms. The quantitative estimate of drug-likeness (QED) is 0.700. The summed E-state index contributed by atoms with van der Waals surface area (Å²) < 4.78 is 5.17. The van der Waals surface area contributed by atoms with Crippen molar-refractivity contribution in [1.82, 2.24) is 0 Å². The van der Waals surface area contributed by atoms with E-state index < -0.39 is 0 Å². The van der Waals surface area contributed by atoms with Crippen molar-refractivity contribution in [2.45, 2.75) is 12.8 Å². The maximum atomic E-state index is 5.58. The summed E-state index contributed by atoms with van der Waals surface area (Å²) in [4.78, 5) is 0. The second-order valence-corrected chi connectivity index (χ2v) is 3.22. The van der Waals surface area contributed by atoms with Gasteiger partial charge in [-0.2, -0.15) is 0 Å². The average Bonchev–Trinajstić information content (AvgIpc) is 2.34.